The van der Waals surface area contributed by atoms with E-state index >= 15 is 0 Å². The summed E-state index contributed by atoms with van der Waals surface area (Å²) in [6, 6.07) is 14.7. The predicted molar refractivity (Wildman–Crippen MR) is 68.1 cm³/mol. The molecule has 2 aromatic carbocycles. The number of benzene rings is 2. The summed E-state index contributed by atoms with van der Waals surface area (Å²) in [7, 11) is 0. The van der Waals surface area contributed by atoms with E-state index in [1.807, 2.05) is 41.3 Å². The number of carbonyl (C=O) groups is 1. The number of hydrogen-bond donors (Lipinski definition) is 1. The molecule has 1 N–H and O–H groups in total. The average molecular weight is 239 g/mol. The van der Waals surface area contributed by atoms with E-state index < -0.39 is 0 Å². The number of phenols is 1. The molecule has 90 valence electrons. The zero-order valence-corrected chi connectivity index (χ0v) is 9.84. The van der Waals surface area contributed by atoms with Crippen LogP contribution < -0.4 is 0 Å². The zero-order chi connectivity index (χ0) is 12.5. The zero-order valence-electron chi connectivity index (χ0n) is 9.84. The van der Waals surface area contributed by atoms with Gasteiger partial charge in [0.25, 0.3) is 5.91 Å². The molecule has 3 heteroatoms. The van der Waals surface area contributed by atoms with Crippen LogP contribution in [0, 0.1) is 0 Å². The van der Waals surface area contributed by atoms with Crippen molar-refractivity contribution < 1.29 is 9.90 Å². The van der Waals surface area contributed by atoms with Crippen molar-refractivity contribution in [3.05, 3.63) is 65.2 Å². The Morgan fingerprint density at radius 3 is 2.50 bits per heavy atom. The largest absolute Gasteiger partial charge is 0.508 e. The Bertz CT molecular complexity index is 590. The maximum absolute atomic E-state index is 12.1. The molecule has 1 amide bonds. The van der Waals surface area contributed by atoms with Gasteiger partial charge in [0.2, 0.25) is 0 Å². The topological polar surface area (TPSA) is 40.5 Å². The lowest BCUT2D eigenvalue weighted by Crippen LogP contribution is -2.23. The predicted octanol–water partition coefficient (Wildman–Crippen LogP) is 2.55. The van der Waals surface area contributed by atoms with Crippen LogP contribution in [0.3, 0.4) is 0 Å². The fourth-order valence-corrected chi connectivity index (χ4v) is 2.26. The van der Waals surface area contributed by atoms with E-state index in [1.54, 1.807) is 12.1 Å². The van der Waals surface area contributed by atoms with Crippen molar-refractivity contribution in [1.29, 1.82) is 0 Å². The van der Waals surface area contributed by atoms with E-state index in [-0.39, 0.29) is 11.7 Å². The Kier molecular flexibility index (Phi) is 2.52. The Hall–Kier alpha value is -2.29. The first-order valence-electron chi connectivity index (χ1n) is 5.89. The summed E-state index contributed by atoms with van der Waals surface area (Å²) in [5.41, 5.74) is 2.91. The second-order valence-corrected chi connectivity index (χ2v) is 4.48. The fraction of sp³-hybridized carbons (Fsp3) is 0.133. The lowest BCUT2D eigenvalue weighted by atomic mass is 10.1. The SMILES string of the molecule is O=C1c2ccccc2CN1Cc1ccc(O)cc1. The average Bonchev–Trinajstić information content (AvgIpc) is 2.70. The second-order valence-electron chi connectivity index (χ2n) is 4.48. The van der Waals surface area contributed by atoms with Gasteiger partial charge in [0.1, 0.15) is 5.75 Å². The number of carbonyl (C=O) groups excluding carboxylic acids is 1. The molecule has 1 aliphatic rings. The highest BCUT2D eigenvalue weighted by Gasteiger charge is 2.26. The van der Waals surface area contributed by atoms with E-state index in [1.165, 1.54) is 0 Å². The minimum atomic E-state index is 0.0821. The minimum absolute atomic E-state index is 0.0821. The van der Waals surface area contributed by atoms with Crippen LogP contribution in [0.5, 0.6) is 5.75 Å². The van der Waals surface area contributed by atoms with E-state index in [9.17, 15) is 9.90 Å². The molecule has 0 bridgehead atoms. The molecule has 3 nitrogen and oxygen atoms in total. The number of fused-ring (bicyclic) bond motifs is 1. The van der Waals surface area contributed by atoms with Crippen molar-refractivity contribution in [2.24, 2.45) is 0 Å². The van der Waals surface area contributed by atoms with Crippen LogP contribution in [-0.4, -0.2) is 15.9 Å². The van der Waals surface area contributed by atoms with Crippen molar-refractivity contribution >= 4 is 5.91 Å². The first-order chi connectivity index (χ1) is 8.74. The molecule has 0 spiro atoms. The third-order valence-corrected chi connectivity index (χ3v) is 3.21. The van der Waals surface area contributed by atoms with Crippen LogP contribution in [0.4, 0.5) is 0 Å². The molecule has 0 aromatic heterocycles. The molecule has 2 aromatic rings. The van der Waals surface area contributed by atoms with Gasteiger partial charge in [0.15, 0.2) is 0 Å². The molecule has 1 aliphatic heterocycles. The van der Waals surface area contributed by atoms with Gasteiger partial charge >= 0.3 is 0 Å². The highest BCUT2D eigenvalue weighted by Crippen LogP contribution is 2.24. The number of hydrogen-bond acceptors (Lipinski definition) is 2. The van der Waals surface area contributed by atoms with Gasteiger partial charge in [-0.1, -0.05) is 30.3 Å². The first kappa shape index (κ1) is 10.8. The van der Waals surface area contributed by atoms with Crippen molar-refractivity contribution in [1.82, 2.24) is 4.90 Å². The van der Waals surface area contributed by atoms with Gasteiger partial charge in [0.05, 0.1) is 0 Å². The van der Waals surface area contributed by atoms with E-state index in [2.05, 4.69) is 0 Å². The molecular formula is C15H13NO2. The van der Waals surface area contributed by atoms with Gasteiger partial charge in [-0.15, -0.1) is 0 Å². The van der Waals surface area contributed by atoms with Gasteiger partial charge in [-0.2, -0.15) is 0 Å². The minimum Gasteiger partial charge on any atom is -0.508 e. The van der Waals surface area contributed by atoms with Gasteiger partial charge in [-0.25, -0.2) is 0 Å². The summed E-state index contributed by atoms with van der Waals surface area (Å²) in [5.74, 6) is 0.327. The molecule has 1 heterocycles. The summed E-state index contributed by atoms with van der Waals surface area (Å²) >= 11 is 0. The van der Waals surface area contributed by atoms with Crippen LogP contribution in [-0.2, 0) is 13.1 Å². The van der Waals surface area contributed by atoms with Gasteiger partial charge in [0, 0.05) is 18.7 Å². The summed E-state index contributed by atoms with van der Waals surface area (Å²) < 4.78 is 0. The third-order valence-electron chi connectivity index (χ3n) is 3.21. The Morgan fingerprint density at radius 2 is 1.78 bits per heavy atom. The standard InChI is InChI=1S/C15H13NO2/c17-13-7-5-11(6-8-13)9-16-10-12-3-1-2-4-14(12)15(16)18/h1-8,17H,9-10H2. The number of aromatic hydroxyl groups is 1. The summed E-state index contributed by atoms with van der Waals surface area (Å²) in [6.45, 7) is 1.24. The summed E-state index contributed by atoms with van der Waals surface area (Å²) in [4.78, 5) is 14.0. The van der Waals surface area contributed by atoms with Crippen LogP contribution in [0.1, 0.15) is 21.5 Å². The Balaban J connectivity index is 1.81. The number of phenolic OH excluding ortho intramolecular Hbond substituents is 1. The van der Waals surface area contributed by atoms with Crippen LogP contribution in [0.15, 0.2) is 48.5 Å². The molecule has 18 heavy (non-hydrogen) atoms. The molecular weight excluding hydrogens is 226 g/mol. The molecule has 0 unspecified atom stereocenters. The Labute approximate surface area is 105 Å². The highest BCUT2D eigenvalue weighted by molar-refractivity contribution is 5.98. The van der Waals surface area contributed by atoms with Crippen molar-refractivity contribution in [3.63, 3.8) is 0 Å². The lowest BCUT2D eigenvalue weighted by Gasteiger charge is -2.15. The molecule has 3 rings (SSSR count). The monoisotopic (exact) mass is 239 g/mol. The van der Waals surface area contributed by atoms with Crippen molar-refractivity contribution in [2.45, 2.75) is 13.1 Å². The van der Waals surface area contributed by atoms with Crippen LogP contribution in [0.2, 0.25) is 0 Å². The molecule has 0 fully saturated rings. The summed E-state index contributed by atoms with van der Waals surface area (Å²) in [6.07, 6.45) is 0. The van der Waals surface area contributed by atoms with Crippen molar-refractivity contribution in [2.75, 3.05) is 0 Å². The second kappa shape index (κ2) is 4.18. The number of amides is 1. The van der Waals surface area contributed by atoms with E-state index in [0.717, 1.165) is 16.7 Å². The maximum atomic E-state index is 12.1. The van der Waals surface area contributed by atoms with Crippen LogP contribution in [0.25, 0.3) is 0 Å². The van der Waals surface area contributed by atoms with Gasteiger partial charge in [-0.3, -0.25) is 4.79 Å². The van der Waals surface area contributed by atoms with E-state index in [0.29, 0.717) is 13.1 Å². The lowest BCUT2D eigenvalue weighted by molar-refractivity contribution is 0.0766. The van der Waals surface area contributed by atoms with E-state index in [4.69, 9.17) is 0 Å². The molecule has 0 saturated heterocycles. The third kappa shape index (κ3) is 1.84. The molecule has 0 atom stereocenters. The number of rotatable bonds is 2. The van der Waals surface area contributed by atoms with Crippen molar-refractivity contribution in [3.8, 4) is 5.75 Å². The molecule has 0 aliphatic carbocycles. The smallest absolute Gasteiger partial charge is 0.254 e. The number of nitrogens with zero attached hydrogens (tertiary/aromatic N) is 1. The maximum Gasteiger partial charge on any atom is 0.254 e. The fourth-order valence-electron chi connectivity index (χ4n) is 2.26. The first-order valence-corrected chi connectivity index (χ1v) is 5.89. The van der Waals surface area contributed by atoms with Gasteiger partial charge in [-0.05, 0) is 29.3 Å². The quantitative estimate of drug-likeness (QED) is 0.874. The van der Waals surface area contributed by atoms with Gasteiger partial charge < -0.3 is 10.0 Å². The molecule has 0 radical (unpaired) electrons. The molecule has 0 saturated carbocycles. The van der Waals surface area contributed by atoms with Crippen LogP contribution >= 0.6 is 0 Å². The highest BCUT2D eigenvalue weighted by atomic mass is 16.3. The Morgan fingerprint density at radius 1 is 1.06 bits per heavy atom. The normalized spacial score (nSPS) is 13.8. The summed E-state index contributed by atoms with van der Waals surface area (Å²) in [5, 5.41) is 9.23.